The molecule has 10 nitrogen and oxygen atoms in total. The molecule has 0 aliphatic heterocycles. The number of ether oxygens (including phenoxy) is 4. The fraction of sp³-hybridized carbons (Fsp3) is 0.576. The van der Waals surface area contributed by atoms with E-state index in [1.165, 1.54) is 20.8 Å². The summed E-state index contributed by atoms with van der Waals surface area (Å²) in [7, 11) is 0. The van der Waals surface area contributed by atoms with Crippen molar-refractivity contribution in [2.75, 3.05) is 0 Å². The Balaban J connectivity index is 2.01. The predicted molar refractivity (Wildman–Crippen MR) is 154 cm³/mol. The average Bonchev–Trinajstić information content (AvgIpc) is 2.90. The number of esters is 4. The fourth-order valence-corrected chi connectivity index (χ4v) is 7.51. The summed E-state index contributed by atoms with van der Waals surface area (Å²) in [5, 5.41) is 23.8. The number of rotatable bonds is 5. The van der Waals surface area contributed by atoms with Gasteiger partial charge in [0.15, 0.2) is 12.2 Å². The van der Waals surface area contributed by atoms with Crippen LogP contribution in [-0.2, 0) is 33.3 Å². The maximum atomic E-state index is 13.4. The lowest BCUT2D eigenvalue weighted by Crippen LogP contribution is -2.68. The Bertz CT molecular complexity index is 1350. The van der Waals surface area contributed by atoms with Gasteiger partial charge < -0.3 is 29.2 Å². The second kappa shape index (κ2) is 11.5. The van der Waals surface area contributed by atoms with Gasteiger partial charge in [0, 0.05) is 39.0 Å². The first kappa shape index (κ1) is 32.4. The highest BCUT2D eigenvalue weighted by Crippen LogP contribution is 2.62. The van der Waals surface area contributed by atoms with Crippen LogP contribution in [0.4, 0.5) is 0 Å². The Labute approximate surface area is 252 Å². The fourth-order valence-electron chi connectivity index (χ4n) is 7.51. The molecule has 2 bridgehead atoms. The summed E-state index contributed by atoms with van der Waals surface area (Å²) in [6.45, 7) is 15.0. The lowest BCUT2D eigenvalue weighted by atomic mass is 9.48. The zero-order valence-corrected chi connectivity index (χ0v) is 25.8. The minimum absolute atomic E-state index is 0.00905. The second-order valence-corrected chi connectivity index (χ2v) is 12.8. The summed E-state index contributed by atoms with van der Waals surface area (Å²) < 4.78 is 23.8. The minimum Gasteiger partial charge on any atom is -0.458 e. The quantitative estimate of drug-likeness (QED) is 0.291. The van der Waals surface area contributed by atoms with E-state index >= 15 is 0 Å². The predicted octanol–water partition coefficient (Wildman–Crippen LogP) is 3.83. The molecule has 0 radical (unpaired) electrons. The molecule has 0 saturated heterocycles. The molecule has 0 aromatic heterocycles. The van der Waals surface area contributed by atoms with Crippen molar-refractivity contribution in [2.45, 2.75) is 104 Å². The van der Waals surface area contributed by atoms with E-state index in [1.807, 2.05) is 0 Å². The van der Waals surface area contributed by atoms with Gasteiger partial charge in [-0.05, 0) is 48.1 Å². The molecule has 2 N–H and O–H groups in total. The van der Waals surface area contributed by atoms with Crippen LogP contribution in [0.5, 0.6) is 0 Å². The molecular weight excluding hydrogens is 556 g/mol. The number of aliphatic hydroxyl groups is 2. The minimum atomic E-state index is -1.58. The number of fused-ring (bicyclic) bond motifs is 3. The number of aliphatic hydroxyl groups excluding tert-OH is 1. The molecule has 4 rings (SSSR count). The maximum Gasteiger partial charge on any atom is 0.338 e. The third kappa shape index (κ3) is 5.62. The van der Waals surface area contributed by atoms with E-state index in [0.29, 0.717) is 16.7 Å². The number of carbonyl (C=O) groups excluding carboxylic acids is 4. The van der Waals surface area contributed by atoms with Crippen molar-refractivity contribution in [1.29, 1.82) is 0 Å². The largest absolute Gasteiger partial charge is 0.458 e. The summed E-state index contributed by atoms with van der Waals surface area (Å²) in [4.78, 5) is 51.0. The van der Waals surface area contributed by atoms with Gasteiger partial charge >= 0.3 is 23.9 Å². The molecule has 8 unspecified atom stereocenters. The summed E-state index contributed by atoms with van der Waals surface area (Å²) in [5.41, 5.74) is -2.37. The molecule has 234 valence electrons. The zero-order valence-electron chi connectivity index (χ0n) is 25.8. The molecule has 8 atom stereocenters. The van der Waals surface area contributed by atoms with Crippen LogP contribution in [0.2, 0.25) is 0 Å². The first-order valence-electron chi connectivity index (χ1n) is 14.5. The Morgan fingerprint density at radius 1 is 0.884 bits per heavy atom. The van der Waals surface area contributed by atoms with E-state index in [2.05, 4.69) is 6.58 Å². The van der Waals surface area contributed by atoms with E-state index in [9.17, 15) is 29.4 Å². The van der Waals surface area contributed by atoms with Crippen LogP contribution in [0.15, 0.2) is 53.6 Å². The molecule has 0 amide bonds. The van der Waals surface area contributed by atoms with E-state index in [0.717, 1.165) is 0 Å². The Morgan fingerprint density at radius 3 is 2.02 bits per heavy atom. The third-order valence-corrected chi connectivity index (χ3v) is 9.89. The second-order valence-electron chi connectivity index (χ2n) is 12.8. The molecule has 1 aromatic carbocycles. The number of carbonyl (C=O) groups is 4. The van der Waals surface area contributed by atoms with Crippen molar-refractivity contribution in [1.82, 2.24) is 0 Å². The lowest BCUT2D eigenvalue weighted by Gasteiger charge is -2.61. The van der Waals surface area contributed by atoms with Crippen molar-refractivity contribution in [2.24, 2.45) is 16.7 Å². The van der Waals surface area contributed by atoms with Gasteiger partial charge in [0.05, 0.1) is 22.7 Å². The number of hydrogen-bond donors (Lipinski definition) is 2. The number of hydrogen-bond acceptors (Lipinski definition) is 10. The Kier molecular flexibility index (Phi) is 8.70. The topological polar surface area (TPSA) is 146 Å². The van der Waals surface area contributed by atoms with Crippen LogP contribution in [-0.4, -0.2) is 70.2 Å². The van der Waals surface area contributed by atoms with Crippen molar-refractivity contribution in [3.05, 3.63) is 59.2 Å². The van der Waals surface area contributed by atoms with Crippen molar-refractivity contribution in [3.8, 4) is 0 Å². The van der Waals surface area contributed by atoms with Gasteiger partial charge in [-0.15, -0.1) is 0 Å². The molecule has 10 heteroatoms. The first-order valence-corrected chi connectivity index (χ1v) is 14.5. The molecule has 43 heavy (non-hydrogen) atoms. The molecular formula is C33H42O10. The normalized spacial score (nSPS) is 35.0. The van der Waals surface area contributed by atoms with Gasteiger partial charge in [0.2, 0.25) is 0 Å². The summed E-state index contributed by atoms with van der Waals surface area (Å²) in [6, 6.07) is 8.35. The van der Waals surface area contributed by atoms with Crippen LogP contribution in [0.1, 0.15) is 78.1 Å². The highest BCUT2D eigenvalue weighted by Gasteiger charge is 2.67. The molecule has 2 saturated carbocycles. The first-order chi connectivity index (χ1) is 19.9. The Hall–Kier alpha value is -3.50. The average molecular weight is 599 g/mol. The third-order valence-electron chi connectivity index (χ3n) is 9.89. The van der Waals surface area contributed by atoms with E-state index < -0.39 is 76.7 Å². The summed E-state index contributed by atoms with van der Waals surface area (Å²) >= 11 is 0. The summed E-state index contributed by atoms with van der Waals surface area (Å²) in [6.07, 6.45) is -5.60. The standard InChI is InChI=1S/C33H42O10/c1-17-23-15-33(39)16-25(40-19(3)34)18(2)27(31(33,6)7)28(41-20(4)35)29(42-21(5)36)32(23,8)26(14-24(17)37)43-30(38)22-12-10-9-11-13-22/h9-13,23-26,28-29,37,39H,1,14-16H2,2-8H3. The lowest BCUT2D eigenvalue weighted by molar-refractivity contribution is -0.218. The maximum absolute atomic E-state index is 13.4. The van der Waals surface area contributed by atoms with Crippen LogP contribution in [0.3, 0.4) is 0 Å². The van der Waals surface area contributed by atoms with E-state index in [1.54, 1.807) is 58.0 Å². The van der Waals surface area contributed by atoms with Crippen molar-refractivity contribution in [3.63, 3.8) is 0 Å². The highest BCUT2D eigenvalue weighted by atomic mass is 16.6. The molecule has 0 heterocycles. The number of benzene rings is 1. The molecule has 3 aliphatic rings. The monoisotopic (exact) mass is 598 g/mol. The van der Waals surface area contributed by atoms with Crippen LogP contribution < -0.4 is 0 Å². The smallest absolute Gasteiger partial charge is 0.338 e. The van der Waals surface area contributed by atoms with Gasteiger partial charge in [-0.2, -0.15) is 0 Å². The zero-order chi connectivity index (χ0) is 32.1. The van der Waals surface area contributed by atoms with Crippen LogP contribution in [0.25, 0.3) is 0 Å². The van der Waals surface area contributed by atoms with Crippen molar-refractivity contribution >= 4 is 23.9 Å². The van der Waals surface area contributed by atoms with Gasteiger partial charge in [0.25, 0.3) is 0 Å². The molecule has 0 spiro atoms. The van der Waals surface area contributed by atoms with E-state index in [4.69, 9.17) is 18.9 Å². The van der Waals surface area contributed by atoms with Crippen LogP contribution >= 0.6 is 0 Å². The summed E-state index contributed by atoms with van der Waals surface area (Å²) in [5.74, 6) is -3.36. The Morgan fingerprint density at radius 2 is 1.47 bits per heavy atom. The van der Waals surface area contributed by atoms with Crippen molar-refractivity contribution < 1.29 is 48.3 Å². The van der Waals surface area contributed by atoms with Gasteiger partial charge in [0.1, 0.15) is 12.2 Å². The van der Waals surface area contributed by atoms with Gasteiger partial charge in [-0.1, -0.05) is 45.5 Å². The SMILES string of the molecule is C=C1C(O)CC(OC(=O)c2ccccc2)C2(C)C1CC1(O)CC(OC(C)=O)C(C)=C(C(OC(C)=O)C2OC(C)=O)C1(C)C. The molecule has 2 fully saturated rings. The highest BCUT2D eigenvalue weighted by molar-refractivity contribution is 5.89. The van der Waals surface area contributed by atoms with Gasteiger partial charge in [-0.25, -0.2) is 4.79 Å². The van der Waals surface area contributed by atoms with E-state index in [-0.39, 0.29) is 24.8 Å². The van der Waals surface area contributed by atoms with Crippen LogP contribution in [0, 0.1) is 16.7 Å². The molecule has 3 aliphatic carbocycles. The molecule has 1 aromatic rings. The van der Waals surface area contributed by atoms with Gasteiger partial charge in [-0.3, -0.25) is 14.4 Å².